The number of methoxy groups -OCH3 is 1. The summed E-state index contributed by atoms with van der Waals surface area (Å²) in [6, 6.07) is 12.1. The second-order valence-corrected chi connectivity index (χ2v) is 7.38. The van der Waals surface area contributed by atoms with Gasteiger partial charge in [-0.15, -0.1) is 0 Å². The molecule has 0 aliphatic heterocycles. The van der Waals surface area contributed by atoms with Gasteiger partial charge < -0.3 is 4.74 Å². The molecule has 2 aromatic rings. The Bertz CT molecular complexity index is 759. The van der Waals surface area contributed by atoms with E-state index in [2.05, 4.69) is 15.9 Å². The summed E-state index contributed by atoms with van der Waals surface area (Å²) >= 11 is 3.31. The van der Waals surface area contributed by atoms with Gasteiger partial charge in [0, 0.05) is 7.05 Å². The molecular weight excluding hydrogens is 354 g/mol. The van der Waals surface area contributed by atoms with E-state index in [4.69, 9.17) is 4.74 Å². The number of nitrogens with zero attached hydrogens (tertiary/aromatic N) is 1. The molecular formula is C15H16BrNO3S. The number of anilines is 1. The molecule has 0 saturated heterocycles. The molecule has 0 spiro atoms. The van der Waals surface area contributed by atoms with Crippen molar-refractivity contribution < 1.29 is 13.2 Å². The Hall–Kier alpha value is -1.53. The molecule has 0 atom stereocenters. The Labute approximate surface area is 133 Å². The summed E-state index contributed by atoms with van der Waals surface area (Å²) in [6.07, 6.45) is 0. The van der Waals surface area contributed by atoms with Crippen LogP contribution in [0.15, 0.2) is 51.8 Å². The van der Waals surface area contributed by atoms with Crippen molar-refractivity contribution in [2.75, 3.05) is 18.5 Å². The molecule has 112 valence electrons. The molecule has 0 saturated carbocycles. The first-order valence-electron chi connectivity index (χ1n) is 6.26. The zero-order chi connectivity index (χ0) is 15.6. The summed E-state index contributed by atoms with van der Waals surface area (Å²) in [4.78, 5) is 0.209. The fourth-order valence-electron chi connectivity index (χ4n) is 2.01. The largest absolute Gasteiger partial charge is 0.496 e. The summed E-state index contributed by atoms with van der Waals surface area (Å²) in [5.41, 5.74) is 1.56. The SMILES string of the molecule is COc1ccc(S(=O)(=O)N(C)c2ccccc2C)cc1Br. The molecule has 21 heavy (non-hydrogen) atoms. The number of para-hydroxylation sites is 1. The topological polar surface area (TPSA) is 46.6 Å². The van der Waals surface area contributed by atoms with E-state index in [1.807, 2.05) is 25.1 Å². The van der Waals surface area contributed by atoms with Crippen LogP contribution < -0.4 is 9.04 Å². The average Bonchev–Trinajstić information content (AvgIpc) is 2.47. The van der Waals surface area contributed by atoms with Crippen LogP contribution in [0.25, 0.3) is 0 Å². The van der Waals surface area contributed by atoms with E-state index in [-0.39, 0.29) is 4.90 Å². The first-order chi connectivity index (χ1) is 9.87. The van der Waals surface area contributed by atoms with E-state index < -0.39 is 10.0 Å². The van der Waals surface area contributed by atoms with Crippen LogP contribution in [0.5, 0.6) is 5.75 Å². The quantitative estimate of drug-likeness (QED) is 0.826. The highest BCUT2D eigenvalue weighted by Gasteiger charge is 2.23. The third-order valence-corrected chi connectivity index (χ3v) is 5.62. The van der Waals surface area contributed by atoms with E-state index in [1.165, 1.54) is 17.5 Å². The highest BCUT2D eigenvalue weighted by atomic mass is 79.9. The lowest BCUT2D eigenvalue weighted by atomic mass is 10.2. The van der Waals surface area contributed by atoms with Gasteiger partial charge in [-0.25, -0.2) is 8.42 Å². The van der Waals surface area contributed by atoms with Crippen LogP contribution in [0.1, 0.15) is 5.56 Å². The lowest BCUT2D eigenvalue weighted by Gasteiger charge is -2.21. The number of hydrogen-bond acceptors (Lipinski definition) is 3. The summed E-state index contributed by atoms with van der Waals surface area (Å²) in [6.45, 7) is 1.88. The maximum Gasteiger partial charge on any atom is 0.264 e. The third kappa shape index (κ3) is 3.06. The number of hydrogen-bond donors (Lipinski definition) is 0. The maximum absolute atomic E-state index is 12.7. The molecule has 2 aromatic carbocycles. The minimum atomic E-state index is -3.61. The van der Waals surface area contributed by atoms with Crippen molar-refractivity contribution in [1.29, 1.82) is 0 Å². The lowest BCUT2D eigenvalue weighted by Crippen LogP contribution is -2.27. The summed E-state index contributed by atoms with van der Waals surface area (Å²) in [5.74, 6) is 0.590. The number of sulfonamides is 1. The Balaban J connectivity index is 2.47. The molecule has 0 unspecified atom stereocenters. The van der Waals surface area contributed by atoms with Crippen molar-refractivity contribution in [1.82, 2.24) is 0 Å². The molecule has 0 heterocycles. The van der Waals surface area contributed by atoms with Crippen LogP contribution in [0, 0.1) is 6.92 Å². The van der Waals surface area contributed by atoms with Crippen LogP contribution in [0.3, 0.4) is 0 Å². The van der Waals surface area contributed by atoms with Gasteiger partial charge in [0.1, 0.15) is 5.75 Å². The van der Waals surface area contributed by atoms with Crippen molar-refractivity contribution in [3.8, 4) is 5.75 Å². The summed E-state index contributed by atoms with van der Waals surface area (Å²) in [5, 5.41) is 0. The molecule has 6 heteroatoms. The molecule has 2 rings (SSSR count). The van der Waals surface area contributed by atoms with Gasteiger partial charge in [0.05, 0.1) is 22.2 Å². The monoisotopic (exact) mass is 369 g/mol. The predicted molar refractivity (Wildman–Crippen MR) is 87.5 cm³/mol. The van der Waals surface area contributed by atoms with Gasteiger partial charge >= 0.3 is 0 Å². The van der Waals surface area contributed by atoms with Gasteiger partial charge in [0.2, 0.25) is 0 Å². The van der Waals surface area contributed by atoms with Gasteiger partial charge in [-0.05, 0) is 52.7 Å². The van der Waals surface area contributed by atoms with E-state index >= 15 is 0 Å². The first-order valence-corrected chi connectivity index (χ1v) is 8.49. The molecule has 0 bridgehead atoms. The fourth-order valence-corrected chi connectivity index (χ4v) is 3.99. The van der Waals surface area contributed by atoms with Gasteiger partial charge in [-0.3, -0.25) is 4.31 Å². The van der Waals surface area contributed by atoms with Crippen LogP contribution in [0.2, 0.25) is 0 Å². The Morgan fingerprint density at radius 2 is 1.81 bits per heavy atom. The van der Waals surface area contributed by atoms with Crippen molar-refractivity contribution in [3.05, 3.63) is 52.5 Å². The summed E-state index contributed by atoms with van der Waals surface area (Å²) in [7, 11) is -0.527. The van der Waals surface area contributed by atoms with Crippen LogP contribution in [-0.2, 0) is 10.0 Å². The van der Waals surface area contributed by atoms with Crippen LogP contribution in [0.4, 0.5) is 5.69 Å². The molecule has 0 aliphatic carbocycles. The number of ether oxygens (including phenoxy) is 1. The van der Waals surface area contributed by atoms with Crippen molar-refractivity contribution in [2.24, 2.45) is 0 Å². The van der Waals surface area contributed by atoms with Gasteiger partial charge in [0.25, 0.3) is 10.0 Å². The van der Waals surface area contributed by atoms with Crippen molar-refractivity contribution in [3.63, 3.8) is 0 Å². The molecule has 4 nitrogen and oxygen atoms in total. The molecule has 0 aliphatic rings. The third-order valence-electron chi connectivity index (χ3n) is 3.24. The van der Waals surface area contributed by atoms with E-state index in [0.29, 0.717) is 15.9 Å². The van der Waals surface area contributed by atoms with Gasteiger partial charge in [0.15, 0.2) is 0 Å². The number of benzene rings is 2. The Morgan fingerprint density at radius 1 is 1.14 bits per heavy atom. The second kappa shape index (κ2) is 6.07. The predicted octanol–water partition coefficient (Wildman–Crippen LogP) is 3.59. The second-order valence-electron chi connectivity index (χ2n) is 4.56. The average molecular weight is 370 g/mol. The first kappa shape index (κ1) is 15.9. The number of rotatable bonds is 4. The number of halogens is 1. The molecule has 0 N–H and O–H groups in total. The lowest BCUT2D eigenvalue weighted by molar-refractivity contribution is 0.411. The fraction of sp³-hybridized carbons (Fsp3) is 0.200. The molecule has 0 radical (unpaired) electrons. The Kier molecular flexibility index (Phi) is 4.58. The Morgan fingerprint density at radius 3 is 2.38 bits per heavy atom. The van der Waals surface area contributed by atoms with Crippen LogP contribution in [-0.4, -0.2) is 22.6 Å². The minimum absolute atomic E-state index is 0.209. The van der Waals surface area contributed by atoms with E-state index in [9.17, 15) is 8.42 Å². The maximum atomic E-state index is 12.7. The normalized spacial score (nSPS) is 11.2. The van der Waals surface area contributed by atoms with Crippen molar-refractivity contribution >= 4 is 31.6 Å². The molecule has 0 amide bonds. The highest BCUT2D eigenvalue weighted by Crippen LogP contribution is 2.30. The van der Waals surface area contributed by atoms with E-state index in [1.54, 1.807) is 25.2 Å². The zero-order valence-electron chi connectivity index (χ0n) is 12.0. The molecule has 0 aromatic heterocycles. The minimum Gasteiger partial charge on any atom is -0.496 e. The standard InChI is InChI=1S/C15H16BrNO3S/c1-11-6-4-5-7-14(11)17(2)21(18,19)12-8-9-15(20-3)13(16)10-12/h4-10H,1-3H3. The van der Waals surface area contributed by atoms with Crippen molar-refractivity contribution in [2.45, 2.75) is 11.8 Å². The smallest absolute Gasteiger partial charge is 0.264 e. The van der Waals surface area contributed by atoms with E-state index in [0.717, 1.165) is 5.56 Å². The van der Waals surface area contributed by atoms with Gasteiger partial charge in [-0.2, -0.15) is 0 Å². The zero-order valence-corrected chi connectivity index (χ0v) is 14.4. The number of aryl methyl sites for hydroxylation is 1. The molecule has 0 fully saturated rings. The van der Waals surface area contributed by atoms with Gasteiger partial charge in [-0.1, -0.05) is 18.2 Å². The highest BCUT2D eigenvalue weighted by molar-refractivity contribution is 9.10. The summed E-state index contributed by atoms with van der Waals surface area (Å²) < 4.78 is 32.4. The van der Waals surface area contributed by atoms with Crippen LogP contribution >= 0.6 is 15.9 Å².